The van der Waals surface area contributed by atoms with E-state index in [1.54, 1.807) is 18.2 Å². The van der Waals surface area contributed by atoms with Gasteiger partial charge in [-0.05, 0) is 53.3 Å². The monoisotopic (exact) mass is 457 g/mol. The molecule has 1 saturated carbocycles. The molecule has 0 bridgehead atoms. The van der Waals surface area contributed by atoms with E-state index in [0.29, 0.717) is 10.1 Å². The van der Waals surface area contributed by atoms with Crippen LogP contribution in [0.1, 0.15) is 24.8 Å². The topological polar surface area (TPSA) is 69.4 Å². The molecule has 1 aromatic rings. The molecular weight excluding hydrogens is 441 g/mol. The van der Waals surface area contributed by atoms with Crippen LogP contribution < -0.4 is 5.14 Å². The number of methoxy groups -OCH3 is 1. The number of sulfonamides is 1. The lowest BCUT2D eigenvalue weighted by atomic mass is 9.91. The lowest BCUT2D eigenvalue weighted by molar-refractivity contribution is 0.101. The second-order valence-electron chi connectivity index (χ2n) is 7.34. The van der Waals surface area contributed by atoms with E-state index in [1.807, 2.05) is 0 Å². The first-order valence-electron chi connectivity index (χ1n) is 8.67. The normalized spacial score (nSPS) is 26.2. The maximum Gasteiger partial charge on any atom is 0.238 e. The first-order chi connectivity index (χ1) is 13.1. The predicted molar refractivity (Wildman–Crippen MR) is 113 cm³/mol. The molecular formula is C20H18Cl3NO3S. The summed E-state index contributed by atoms with van der Waals surface area (Å²) < 4.78 is 28.4. The minimum Gasteiger partial charge on any atom is -0.357 e. The highest BCUT2D eigenvalue weighted by molar-refractivity contribution is 7.89. The predicted octanol–water partition coefficient (Wildman–Crippen LogP) is 5.04. The van der Waals surface area contributed by atoms with Gasteiger partial charge in [-0.1, -0.05) is 59.1 Å². The van der Waals surface area contributed by atoms with Gasteiger partial charge in [-0.2, -0.15) is 0 Å². The fourth-order valence-electron chi connectivity index (χ4n) is 3.58. The van der Waals surface area contributed by atoms with Crippen molar-refractivity contribution in [2.75, 3.05) is 7.11 Å². The van der Waals surface area contributed by atoms with Gasteiger partial charge in [0.25, 0.3) is 0 Å². The summed E-state index contributed by atoms with van der Waals surface area (Å²) in [6.45, 7) is 0. The largest absolute Gasteiger partial charge is 0.357 e. The summed E-state index contributed by atoms with van der Waals surface area (Å²) >= 11 is 19.4. The van der Waals surface area contributed by atoms with Crippen LogP contribution in [0.15, 0.2) is 68.6 Å². The molecule has 1 aromatic carbocycles. The third-order valence-electron chi connectivity index (χ3n) is 5.39. The molecule has 0 aromatic heterocycles. The van der Waals surface area contributed by atoms with Crippen LogP contribution in [0, 0.1) is 5.41 Å². The minimum atomic E-state index is -3.74. The van der Waals surface area contributed by atoms with Gasteiger partial charge < -0.3 is 4.74 Å². The molecule has 0 heterocycles. The van der Waals surface area contributed by atoms with Gasteiger partial charge in [-0.3, -0.25) is 0 Å². The summed E-state index contributed by atoms with van der Waals surface area (Å²) in [7, 11) is -2.25. The summed E-state index contributed by atoms with van der Waals surface area (Å²) in [6, 6.07) is 6.53. The molecule has 0 aliphatic heterocycles. The molecule has 1 spiro atoms. The average molecular weight is 459 g/mol. The third kappa shape index (κ3) is 3.49. The van der Waals surface area contributed by atoms with Crippen LogP contribution in [0.3, 0.4) is 0 Å². The van der Waals surface area contributed by atoms with E-state index in [9.17, 15) is 8.42 Å². The Morgan fingerprint density at radius 1 is 1.07 bits per heavy atom. The summed E-state index contributed by atoms with van der Waals surface area (Å²) in [6.07, 6.45) is 8.57. The number of alkyl halides is 1. The zero-order valence-corrected chi connectivity index (χ0v) is 18.1. The molecule has 0 saturated heterocycles. The second kappa shape index (κ2) is 6.73. The molecule has 2 N–H and O–H groups in total. The van der Waals surface area contributed by atoms with Crippen LogP contribution in [-0.4, -0.2) is 20.6 Å². The number of hydrogen-bond donors (Lipinski definition) is 1. The molecule has 0 radical (unpaired) electrons. The number of allylic oxidation sites excluding steroid dienone is 6. The molecule has 3 aliphatic rings. The Bertz CT molecular complexity index is 1080. The summed E-state index contributed by atoms with van der Waals surface area (Å²) in [5.41, 5.74) is 3.69. The average Bonchev–Trinajstić information content (AvgIpc) is 3.29. The van der Waals surface area contributed by atoms with E-state index in [0.717, 1.165) is 35.1 Å². The SMILES string of the molecule is COC1(Cl)CC(Cl)=C(C2=CC3(C=C2c2ccc(S(N)(=O)=O)cc2)CC3)C=C1Cl. The van der Waals surface area contributed by atoms with Crippen LogP contribution in [-0.2, 0) is 14.8 Å². The van der Waals surface area contributed by atoms with Crippen LogP contribution in [0.2, 0.25) is 0 Å². The van der Waals surface area contributed by atoms with Crippen molar-refractivity contribution in [2.24, 2.45) is 10.6 Å². The Balaban J connectivity index is 1.76. The lowest BCUT2D eigenvalue weighted by Crippen LogP contribution is -2.27. The number of nitrogens with two attached hydrogens (primary N) is 1. The Labute approximate surface area is 179 Å². The molecule has 28 heavy (non-hydrogen) atoms. The standard InChI is InChI=1S/C20H18Cl3NO3S/c1-27-20(23)11-17(21)14(8-18(20)22)16-10-19(6-7-19)9-15(16)12-2-4-13(5-3-12)28(24,25)26/h2-5,8-10H,6-7,11H2,1H3,(H2,24,25,26). The van der Waals surface area contributed by atoms with Gasteiger partial charge in [0, 0.05) is 24.0 Å². The minimum absolute atomic E-state index is 0.0323. The van der Waals surface area contributed by atoms with Crippen molar-refractivity contribution in [2.45, 2.75) is 29.2 Å². The second-order valence-corrected chi connectivity index (χ2v) is 10.4. The van der Waals surface area contributed by atoms with E-state index < -0.39 is 15.1 Å². The number of hydrogen-bond acceptors (Lipinski definition) is 3. The van der Waals surface area contributed by atoms with E-state index >= 15 is 0 Å². The summed E-state index contributed by atoms with van der Waals surface area (Å²) in [5, 5.41) is 4.99. The molecule has 8 heteroatoms. The zero-order valence-electron chi connectivity index (χ0n) is 15.0. The quantitative estimate of drug-likeness (QED) is 0.643. The molecule has 148 valence electrons. The number of ether oxygens (including phenoxy) is 1. The highest BCUT2D eigenvalue weighted by Gasteiger charge is 2.45. The fraction of sp³-hybridized carbons (Fsp3) is 0.300. The molecule has 3 aliphatic carbocycles. The maximum absolute atomic E-state index is 11.5. The number of halogens is 3. The van der Waals surface area contributed by atoms with Gasteiger partial charge in [0.05, 0.1) is 9.93 Å². The first kappa shape index (κ1) is 20.2. The molecule has 1 fully saturated rings. The smallest absolute Gasteiger partial charge is 0.238 e. The summed E-state index contributed by atoms with van der Waals surface area (Å²) in [4.78, 5) is 0.0754. The van der Waals surface area contributed by atoms with Gasteiger partial charge in [-0.15, -0.1) is 0 Å². The Morgan fingerprint density at radius 3 is 2.21 bits per heavy atom. The van der Waals surface area contributed by atoms with Gasteiger partial charge in [0.2, 0.25) is 10.0 Å². The van der Waals surface area contributed by atoms with Crippen molar-refractivity contribution in [3.8, 4) is 0 Å². The molecule has 4 nitrogen and oxygen atoms in total. The van der Waals surface area contributed by atoms with Crippen molar-refractivity contribution >= 4 is 50.4 Å². The van der Waals surface area contributed by atoms with Crippen molar-refractivity contribution in [1.29, 1.82) is 0 Å². The molecule has 1 unspecified atom stereocenters. The van der Waals surface area contributed by atoms with Gasteiger partial charge in [0.1, 0.15) is 0 Å². The highest BCUT2D eigenvalue weighted by Crippen LogP contribution is 2.58. The van der Waals surface area contributed by atoms with Gasteiger partial charge in [0.15, 0.2) is 5.06 Å². The van der Waals surface area contributed by atoms with Crippen molar-refractivity contribution < 1.29 is 13.2 Å². The van der Waals surface area contributed by atoms with Crippen molar-refractivity contribution in [3.63, 3.8) is 0 Å². The molecule has 0 amide bonds. The molecule has 1 atom stereocenters. The van der Waals surface area contributed by atoms with Gasteiger partial charge >= 0.3 is 0 Å². The van der Waals surface area contributed by atoms with Crippen molar-refractivity contribution in [1.82, 2.24) is 0 Å². The highest BCUT2D eigenvalue weighted by atomic mass is 35.5. The Kier molecular flexibility index (Phi) is 4.85. The number of rotatable bonds is 4. The molecule has 4 rings (SSSR count). The summed E-state index contributed by atoms with van der Waals surface area (Å²) in [5.74, 6) is 0. The van der Waals surface area contributed by atoms with Crippen molar-refractivity contribution in [3.05, 3.63) is 69.3 Å². The van der Waals surface area contributed by atoms with Crippen LogP contribution in [0.4, 0.5) is 0 Å². The zero-order chi connectivity index (χ0) is 20.3. The fourth-order valence-corrected chi connectivity index (χ4v) is 4.95. The lowest BCUT2D eigenvalue weighted by Gasteiger charge is -2.30. The van der Waals surface area contributed by atoms with E-state index in [-0.39, 0.29) is 16.7 Å². The first-order valence-corrected chi connectivity index (χ1v) is 11.4. The van der Waals surface area contributed by atoms with E-state index in [4.69, 9.17) is 44.7 Å². The van der Waals surface area contributed by atoms with Crippen LogP contribution in [0.25, 0.3) is 5.57 Å². The third-order valence-corrected chi connectivity index (χ3v) is 7.66. The van der Waals surface area contributed by atoms with E-state index in [2.05, 4.69) is 12.2 Å². The number of benzene rings is 1. The Hall–Kier alpha value is -1.08. The Morgan fingerprint density at radius 2 is 1.68 bits per heavy atom. The van der Waals surface area contributed by atoms with Crippen LogP contribution in [0.5, 0.6) is 0 Å². The maximum atomic E-state index is 11.5. The van der Waals surface area contributed by atoms with Gasteiger partial charge in [-0.25, -0.2) is 13.6 Å². The van der Waals surface area contributed by atoms with E-state index in [1.165, 1.54) is 19.2 Å². The number of primary sulfonamides is 1. The van der Waals surface area contributed by atoms with Crippen LogP contribution >= 0.6 is 34.8 Å².